The number of aryl methyl sites for hydroxylation is 2. The van der Waals surface area contributed by atoms with Gasteiger partial charge in [0, 0.05) is 16.6 Å². The summed E-state index contributed by atoms with van der Waals surface area (Å²) in [5.74, 6) is 0.512. The Kier molecular flexibility index (Phi) is 5.91. The van der Waals surface area contributed by atoms with Crippen molar-refractivity contribution in [3.8, 4) is 11.5 Å². The highest BCUT2D eigenvalue weighted by Gasteiger charge is 2.20. The van der Waals surface area contributed by atoms with Crippen LogP contribution in [0.25, 0.3) is 0 Å². The van der Waals surface area contributed by atoms with Gasteiger partial charge in [0.15, 0.2) is 17.6 Å². The molecular formula is C20H21NO5S. The number of nitrogens with one attached hydrogen (secondary N) is 1. The van der Waals surface area contributed by atoms with Crippen LogP contribution in [0.4, 0.5) is 5.69 Å². The number of anilines is 1. The highest BCUT2D eigenvalue weighted by molar-refractivity contribution is 8.00. The van der Waals surface area contributed by atoms with E-state index in [4.69, 9.17) is 14.2 Å². The van der Waals surface area contributed by atoms with Crippen LogP contribution in [0.15, 0.2) is 41.3 Å². The second-order valence-corrected chi connectivity index (χ2v) is 7.26. The third-order valence-corrected chi connectivity index (χ3v) is 5.14. The molecule has 1 N–H and O–H groups in total. The van der Waals surface area contributed by atoms with E-state index in [9.17, 15) is 9.59 Å². The van der Waals surface area contributed by atoms with E-state index in [1.54, 1.807) is 25.1 Å². The summed E-state index contributed by atoms with van der Waals surface area (Å²) in [5.41, 5.74) is 2.79. The quantitative estimate of drug-likeness (QED) is 0.602. The molecule has 1 atom stereocenters. The summed E-state index contributed by atoms with van der Waals surface area (Å²) in [7, 11) is 0. The van der Waals surface area contributed by atoms with Gasteiger partial charge in [-0.05, 0) is 44.5 Å². The fourth-order valence-corrected chi connectivity index (χ4v) is 3.41. The van der Waals surface area contributed by atoms with Crippen molar-refractivity contribution in [2.45, 2.75) is 31.8 Å². The van der Waals surface area contributed by atoms with Crippen LogP contribution in [0.2, 0.25) is 0 Å². The van der Waals surface area contributed by atoms with Gasteiger partial charge in [0.25, 0.3) is 5.91 Å². The van der Waals surface area contributed by atoms with Crippen LogP contribution >= 0.6 is 11.8 Å². The minimum atomic E-state index is -0.901. The number of carbonyl (C=O) groups is 2. The molecule has 0 unspecified atom stereocenters. The Hall–Kier alpha value is -2.67. The first kappa shape index (κ1) is 19.1. The number of hydrogen-bond donors (Lipinski definition) is 1. The average Bonchev–Trinajstić information content (AvgIpc) is 3.10. The second kappa shape index (κ2) is 8.35. The lowest BCUT2D eigenvalue weighted by Gasteiger charge is -2.14. The lowest BCUT2D eigenvalue weighted by atomic mass is 10.2. The minimum absolute atomic E-state index is 0.145. The monoisotopic (exact) mass is 387 g/mol. The summed E-state index contributed by atoms with van der Waals surface area (Å²) in [6.45, 7) is 5.71. The van der Waals surface area contributed by atoms with Crippen LogP contribution in [0.1, 0.15) is 18.1 Å². The van der Waals surface area contributed by atoms with Crippen molar-refractivity contribution < 1.29 is 23.8 Å². The standard InChI is InChI=1S/C20H21NO5S/c1-12-4-5-13(2)18(8-12)27-10-19(22)26-14(3)20(23)21-15-6-7-16-17(9-15)25-11-24-16/h4-9,14H,10-11H2,1-3H3,(H,21,23)/t14-/m1/s1. The number of fused-ring (bicyclic) bond motifs is 1. The first-order valence-corrected chi connectivity index (χ1v) is 9.51. The van der Waals surface area contributed by atoms with Crippen LogP contribution in [0.3, 0.4) is 0 Å². The van der Waals surface area contributed by atoms with Gasteiger partial charge in [-0.3, -0.25) is 9.59 Å². The predicted octanol–water partition coefficient (Wildman–Crippen LogP) is 3.69. The lowest BCUT2D eigenvalue weighted by molar-refractivity contribution is -0.150. The van der Waals surface area contributed by atoms with Gasteiger partial charge in [0.1, 0.15) is 0 Å². The Morgan fingerprint density at radius 1 is 1.15 bits per heavy atom. The van der Waals surface area contributed by atoms with Crippen LogP contribution in [-0.4, -0.2) is 30.5 Å². The van der Waals surface area contributed by atoms with E-state index in [1.165, 1.54) is 11.8 Å². The third-order valence-electron chi connectivity index (χ3n) is 4.01. The summed E-state index contributed by atoms with van der Waals surface area (Å²) in [6, 6.07) is 11.2. The Balaban J connectivity index is 1.50. The van der Waals surface area contributed by atoms with Gasteiger partial charge in [-0.2, -0.15) is 0 Å². The molecule has 0 aliphatic carbocycles. The minimum Gasteiger partial charge on any atom is -0.454 e. The fourth-order valence-electron chi connectivity index (χ4n) is 2.50. The van der Waals surface area contributed by atoms with Crippen LogP contribution in [-0.2, 0) is 14.3 Å². The Labute approximate surface area is 162 Å². The highest BCUT2D eigenvalue weighted by Crippen LogP contribution is 2.34. The summed E-state index contributed by atoms with van der Waals surface area (Å²) < 4.78 is 15.7. The first-order chi connectivity index (χ1) is 12.9. The van der Waals surface area contributed by atoms with Crippen LogP contribution < -0.4 is 14.8 Å². The molecule has 0 bridgehead atoms. The van der Waals surface area contributed by atoms with Gasteiger partial charge in [-0.25, -0.2) is 0 Å². The Morgan fingerprint density at radius 3 is 2.74 bits per heavy atom. The zero-order chi connectivity index (χ0) is 19.4. The summed E-state index contributed by atoms with van der Waals surface area (Å²) in [4.78, 5) is 25.4. The molecule has 6 nitrogen and oxygen atoms in total. The summed E-state index contributed by atoms with van der Waals surface area (Å²) in [6.07, 6.45) is -0.901. The van der Waals surface area contributed by atoms with Gasteiger partial charge in [-0.1, -0.05) is 17.7 Å². The largest absolute Gasteiger partial charge is 0.454 e. The van der Waals surface area contributed by atoms with Crippen molar-refractivity contribution in [3.63, 3.8) is 0 Å². The molecule has 0 saturated heterocycles. The molecule has 1 aliphatic rings. The summed E-state index contributed by atoms with van der Waals surface area (Å²) >= 11 is 1.40. The SMILES string of the molecule is Cc1ccc(C)c(SCC(=O)O[C@H](C)C(=O)Nc2ccc3c(c2)OCO3)c1. The van der Waals surface area contributed by atoms with Gasteiger partial charge in [0.05, 0.1) is 5.75 Å². The predicted molar refractivity (Wildman–Crippen MR) is 103 cm³/mol. The average molecular weight is 387 g/mol. The van der Waals surface area contributed by atoms with E-state index < -0.39 is 18.0 Å². The lowest BCUT2D eigenvalue weighted by Crippen LogP contribution is -2.30. The molecule has 0 aromatic heterocycles. The van der Waals surface area contributed by atoms with Crippen molar-refractivity contribution in [2.75, 3.05) is 17.9 Å². The summed E-state index contributed by atoms with van der Waals surface area (Å²) in [5, 5.41) is 2.71. The topological polar surface area (TPSA) is 73.9 Å². The Morgan fingerprint density at radius 2 is 1.93 bits per heavy atom. The zero-order valence-corrected chi connectivity index (χ0v) is 16.2. The van der Waals surface area contributed by atoms with Gasteiger partial charge in [-0.15, -0.1) is 11.8 Å². The molecule has 142 valence electrons. The number of rotatable bonds is 6. The number of esters is 1. The molecule has 0 saturated carbocycles. The van der Waals surface area contributed by atoms with E-state index in [1.807, 2.05) is 32.0 Å². The Bertz CT molecular complexity index is 867. The first-order valence-electron chi connectivity index (χ1n) is 8.52. The van der Waals surface area contributed by atoms with E-state index >= 15 is 0 Å². The van der Waals surface area contributed by atoms with Gasteiger partial charge in [0.2, 0.25) is 6.79 Å². The van der Waals surface area contributed by atoms with Crippen LogP contribution in [0, 0.1) is 13.8 Å². The third kappa shape index (κ3) is 4.95. The van der Waals surface area contributed by atoms with E-state index in [0.29, 0.717) is 17.2 Å². The molecule has 0 fully saturated rings. The van der Waals surface area contributed by atoms with E-state index in [2.05, 4.69) is 5.32 Å². The molecule has 7 heteroatoms. The molecule has 3 rings (SSSR count). The van der Waals surface area contributed by atoms with Crippen molar-refractivity contribution >= 4 is 29.3 Å². The maximum atomic E-state index is 12.3. The molecule has 1 amide bonds. The number of thioether (sulfide) groups is 1. The number of ether oxygens (including phenoxy) is 3. The second-order valence-electron chi connectivity index (χ2n) is 6.25. The normalized spacial score (nSPS) is 13.1. The van der Waals surface area contributed by atoms with Crippen molar-refractivity contribution in [2.24, 2.45) is 0 Å². The molecule has 0 radical (unpaired) electrons. The van der Waals surface area contributed by atoms with Gasteiger partial charge >= 0.3 is 5.97 Å². The van der Waals surface area contributed by atoms with Crippen molar-refractivity contribution in [1.29, 1.82) is 0 Å². The number of hydrogen-bond acceptors (Lipinski definition) is 6. The zero-order valence-electron chi connectivity index (χ0n) is 15.4. The molecular weight excluding hydrogens is 366 g/mol. The van der Waals surface area contributed by atoms with E-state index in [-0.39, 0.29) is 12.5 Å². The smallest absolute Gasteiger partial charge is 0.317 e. The molecule has 2 aromatic rings. The number of benzene rings is 2. The highest BCUT2D eigenvalue weighted by atomic mass is 32.2. The van der Waals surface area contributed by atoms with Crippen molar-refractivity contribution in [3.05, 3.63) is 47.5 Å². The number of amides is 1. The molecule has 0 spiro atoms. The number of carbonyl (C=O) groups excluding carboxylic acids is 2. The molecule has 1 heterocycles. The molecule has 27 heavy (non-hydrogen) atoms. The maximum Gasteiger partial charge on any atom is 0.317 e. The van der Waals surface area contributed by atoms with E-state index in [0.717, 1.165) is 16.0 Å². The molecule has 2 aromatic carbocycles. The van der Waals surface area contributed by atoms with Crippen molar-refractivity contribution in [1.82, 2.24) is 0 Å². The van der Waals surface area contributed by atoms with Crippen LogP contribution in [0.5, 0.6) is 11.5 Å². The fraction of sp³-hybridized carbons (Fsp3) is 0.300. The maximum absolute atomic E-state index is 12.3. The van der Waals surface area contributed by atoms with Gasteiger partial charge < -0.3 is 19.5 Å². The molecule has 1 aliphatic heterocycles.